The number of nitrogens with one attached hydrogen (secondary N) is 1. The molecule has 2 unspecified atom stereocenters. The lowest BCUT2D eigenvalue weighted by molar-refractivity contribution is -0.140. The molecule has 2 heterocycles. The summed E-state index contributed by atoms with van der Waals surface area (Å²) in [4.78, 5) is 0. The maximum atomic E-state index is 12.9. The van der Waals surface area contributed by atoms with Crippen molar-refractivity contribution in [1.29, 1.82) is 0 Å². The first kappa shape index (κ1) is 14.6. The Bertz CT molecular complexity index is 491. The summed E-state index contributed by atoms with van der Waals surface area (Å²) in [6, 6.07) is 4.42. The Kier molecular flexibility index (Phi) is 3.58. The molecule has 1 fully saturated rings. The van der Waals surface area contributed by atoms with Crippen LogP contribution in [0.5, 0.6) is 0 Å². The van der Waals surface area contributed by atoms with Crippen LogP contribution in [0.1, 0.15) is 29.5 Å². The van der Waals surface area contributed by atoms with Crippen LogP contribution in [0.4, 0.5) is 13.2 Å². The van der Waals surface area contributed by atoms with Gasteiger partial charge in [-0.2, -0.15) is 13.2 Å². The van der Waals surface area contributed by atoms with Crippen molar-refractivity contribution < 1.29 is 17.9 Å². The minimum atomic E-state index is -4.31. The highest BCUT2D eigenvalue weighted by atomic mass is 35.5. The van der Waals surface area contributed by atoms with Gasteiger partial charge >= 0.3 is 6.18 Å². The van der Waals surface area contributed by atoms with Crippen molar-refractivity contribution in [3.8, 4) is 0 Å². The molecule has 2 aliphatic rings. The summed E-state index contributed by atoms with van der Waals surface area (Å²) < 4.78 is 44.5. The van der Waals surface area contributed by atoms with Crippen molar-refractivity contribution in [2.45, 2.75) is 31.2 Å². The molecule has 19 heavy (non-hydrogen) atoms. The van der Waals surface area contributed by atoms with Gasteiger partial charge < -0.3 is 10.1 Å². The first-order valence-corrected chi connectivity index (χ1v) is 5.95. The van der Waals surface area contributed by atoms with Crippen LogP contribution in [-0.4, -0.2) is 18.7 Å². The van der Waals surface area contributed by atoms with Crippen LogP contribution in [0.25, 0.3) is 0 Å². The fraction of sp³-hybridized carbons (Fsp3) is 0.538. The number of ether oxygens (including phenoxy) is 1. The van der Waals surface area contributed by atoms with Gasteiger partial charge in [0.05, 0.1) is 17.8 Å². The van der Waals surface area contributed by atoms with E-state index in [1.165, 1.54) is 6.07 Å². The molecule has 2 aliphatic heterocycles. The molecule has 1 aromatic carbocycles. The molecule has 0 aromatic heterocycles. The molecule has 106 valence electrons. The zero-order valence-corrected chi connectivity index (χ0v) is 11.2. The van der Waals surface area contributed by atoms with E-state index in [9.17, 15) is 13.2 Å². The number of benzene rings is 1. The van der Waals surface area contributed by atoms with E-state index in [1.807, 2.05) is 6.92 Å². The Balaban J connectivity index is 0.00000133. The van der Waals surface area contributed by atoms with Crippen molar-refractivity contribution in [3.05, 3.63) is 34.9 Å². The van der Waals surface area contributed by atoms with E-state index in [2.05, 4.69) is 5.32 Å². The van der Waals surface area contributed by atoms with E-state index < -0.39 is 11.7 Å². The highest BCUT2D eigenvalue weighted by Crippen LogP contribution is 2.44. The lowest BCUT2D eigenvalue weighted by Gasteiger charge is -2.38. The number of halogens is 4. The van der Waals surface area contributed by atoms with Gasteiger partial charge in [-0.05, 0) is 24.1 Å². The molecule has 1 saturated heterocycles. The topological polar surface area (TPSA) is 21.3 Å². The van der Waals surface area contributed by atoms with Gasteiger partial charge in [-0.15, -0.1) is 12.4 Å². The first-order chi connectivity index (χ1) is 8.42. The van der Waals surface area contributed by atoms with E-state index in [-0.39, 0.29) is 30.5 Å². The molecule has 3 rings (SSSR count). The van der Waals surface area contributed by atoms with Crippen LogP contribution in [0.3, 0.4) is 0 Å². The third kappa shape index (κ3) is 2.24. The zero-order chi connectivity index (χ0) is 13.0. The summed E-state index contributed by atoms with van der Waals surface area (Å²) in [7, 11) is 0. The standard InChI is InChI=1S/C13H14F3NO.ClH/c1-12-7-17-5-11(12)8-3-2-4-10(13(14,15)16)9(8)6-18-12;/h2-4,11,17H,5-7H2,1H3;1H. The molecule has 2 nitrogen and oxygen atoms in total. The Hall–Kier alpha value is -0.780. The minimum absolute atomic E-state index is 0. The summed E-state index contributed by atoms with van der Waals surface area (Å²) in [6.45, 7) is 3.36. The monoisotopic (exact) mass is 293 g/mol. The van der Waals surface area contributed by atoms with Crippen molar-refractivity contribution in [2.75, 3.05) is 13.1 Å². The van der Waals surface area contributed by atoms with Gasteiger partial charge in [0.25, 0.3) is 0 Å². The van der Waals surface area contributed by atoms with Gasteiger partial charge in [0.15, 0.2) is 0 Å². The van der Waals surface area contributed by atoms with E-state index >= 15 is 0 Å². The van der Waals surface area contributed by atoms with Crippen molar-refractivity contribution in [3.63, 3.8) is 0 Å². The van der Waals surface area contributed by atoms with Crippen molar-refractivity contribution in [2.24, 2.45) is 0 Å². The predicted octanol–water partition coefficient (Wildman–Crippen LogP) is 3.10. The molecule has 0 spiro atoms. The van der Waals surface area contributed by atoms with Crippen LogP contribution < -0.4 is 5.32 Å². The molecular weight excluding hydrogens is 279 g/mol. The van der Waals surface area contributed by atoms with Gasteiger partial charge in [0.2, 0.25) is 0 Å². The lowest BCUT2D eigenvalue weighted by Crippen LogP contribution is -2.40. The highest BCUT2D eigenvalue weighted by molar-refractivity contribution is 5.85. The van der Waals surface area contributed by atoms with E-state index in [1.54, 1.807) is 6.07 Å². The lowest BCUT2D eigenvalue weighted by atomic mass is 9.80. The van der Waals surface area contributed by atoms with Crippen molar-refractivity contribution in [1.82, 2.24) is 5.32 Å². The summed E-state index contributed by atoms with van der Waals surface area (Å²) >= 11 is 0. The quantitative estimate of drug-likeness (QED) is 0.794. The van der Waals surface area contributed by atoms with Gasteiger partial charge in [-0.1, -0.05) is 12.1 Å². The SMILES string of the molecule is CC12CNCC1c1cccc(C(F)(F)F)c1CO2.Cl. The largest absolute Gasteiger partial charge is 0.416 e. The van der Waals surface area contributed by atoms with Gasteiger partial charge in [-0.3, -0.25) is 0 Å². The maximum Gasteiger partial charge on any atom is 0.416 e. The average Bonchev–Trinajstić information content (AvgIpc) is 2.69. The number of alkyl halides is 3. The molecule has 0 bridgehead atoms. The van der Waals surface area contributed by atoms with E-state index in [0.717, 1.165) is 11.6 Å². The Morgan fingerprint density at radius 3 is 2.79 bits per heavy atom. The van der Waals surface area contributed by atoms with E-state index in [0.29, 0.717) is 18.7 Å². The van der Waals surface area contributed by atoms with Crippen LogP contribution >= 0.6 is 12.4 Å². The molecule has 0 aliphatic carbocycles. The first-order valence-electron chi connectivity index (χ1n) is 5.95. The number of hydrogen-bond donors (Lipinski definition) is 1. The molecular formula is C13H15ClF3NO. The van der Waals surface area contributed by atoms with Crippen LogP contribution in [0, 0.1) is 0 Å². The highest BCUT2D eigenvalue weighted by Gasteiger charge is 2.46. The van der Waals surface area contributed by atoms with Gasteiger partial charge in [0, 0.05) is 19.0 Å². The van der Waals surface area contributed by atoms with Gasteiger partial charge in [0.1, 0.15) is 0 Å². The molecule has 6 heteroatoms. The normalized spacial score (nSPS) is 29.4. The van der Waals surface area contributed by atoms with Gasteiger partial charge in [-0.25, -0.2) is 0 Å². The van der Waals surface area contributed by atoms with Crippen molar-refractivity contribution >= 4 is 12.4 Å². The third-order valence-corrected chi connectivity index (χ3v) is 4.00. The fourth-order valence-electron chi connectivity index (χ4n) is 2.99. The van der Waals surface area contributed by atoms with Crippen LogP contribution in [-0.2, 0) is 17.5 Å². The molecule has 0 amide bonds. The Morgan fingerprint density at radius 2 is 2.11 bits per heavy atom. The molecule has 0 radical (unpaired) electrons. The molecule has 1 aromatic rings. The summed E-state index contributed by atoms with van der Waals surface area (Å²) in [5.74, 6) is 0.00329. The second-order valence-corrected chi connectivity index (χ2v) is 5.16. The third-order valence-electron chi connectivity index (χ3n) is 4.00. The summed E-state index contributed by atoms with van der Waals surface area (Å²) in [5.41, 5.74) is 0.144. The minimum Gasteiger partial charge on any atom is -0.369 e. The molecule has 1 N–H and O–H groups in total. The summed E-state index contributed by atoms with van der Waals surface area (Å²) in [6.07, 6.45) is -4.31. The zero-order valence-electron chi connectivity index (χ0n) is 10.4. The smallest absolute Gasteiger partial charge is 0.369 e. The number of rotatable bonds is 0. The Morgan fingerprint density at radius 1 is 1.37 bits per heavy atom. The van der Waals surface area contributed by atoms with Crippen LogP contribution in [0.15, 0.2) is 18.2 Å². The van der Waals surface area contributed by atoms with E-state index in [4.69, 9.17) is 4.74 Å². The second-order valence-electron chi connectivity index (χ2n) is 5.16. The second kappa shape index (κ2) is 4.65. The molecule has 0 saturated carbocycles. The fourth-order valence-corrected chi connectivity index (χ4v) is 2.99. The van der Waals surface area contributed by atoms with Crippen LogP contribution in [0.2, 0.25) is 0 Å². The number of hydrogen-bond acceptors (Lipinski definition) is 2. The Labute approximate surface area is 115 Å². The number of fused-ring (bicyclic) bond motifs is 3. The predicted molar refractivity (Wildman–Crippen MR) is 67.5 cm³/mol. The maximum absolute atomic E-state index is 12.9. The summed E-state index contributed by atoms with van der Waals surface area (Å²) in [5, 5.41) is 3.20. The molecule has 2 atom stereocenters. The average molecular weight is 294 g/mol.